The minimum Gasteiger partial charge on any atom is -0.426 e. The number of hydrogen-bond donors (Lipinski definition) is 0. The number of ether oxygens (including phenoxy) is 2. The Bertz CT molecular complexity index is 420. The van der Waals surface area contributed by atoms with Crippen LogP contribution in [0.3, 0.4) is 0 Å². The Balaban J connectivity index is 3.26. The molecule has 0 spiro atoms. The molecule has 0 aliphatic heterocycles. The van der Waals surface area contributed by atoms with Crippen molar-refractivity contribution in [3.05, 3.63) is 23.3 Å². The summed E-state index contributed by atoms with van der Waals surface area (Å²) in [6.45, 7) is 6.67. The van der Waals surface area contributed by atoms with Crippen LogP contribution in [-0.2, 0) is 22.4 Å². The number of carbonyl (C=O) groups excluding carboxylic acids is 2. The van der Waals surface area contributed by atoms with E-state index in [0.717, 1.165) is 11.1 Å². The normalized spacial score (nSPS) is 10.0. The fourth-order valence-electron chi connectivity index (χ4n) is 1.93. The Morgan fingerprint density at radius 2 is 1.22 bits per heavy atom. The smallest absolute Gasteiger partial charge is 0.308 e. The second-order valence-electron chi connectivity index (χ2n) is 3.91. The molecule has 98 valence electrons. The molecule has 0 fully saturated rings. The lowest BCUT2D eigenvalue weighted by atomic mass is 10.0. The van der Waals surface area contributed by atoms with Gasteiger partial charge in [-0.1, -0.05) is 13.8 Å². The molecule has 0 N–H and O–H groups in total. The SMILES string of the molecule is CCc1c(OC(C)=O)ccc(OC(C)=O)c1CC. The topological polar surface area (TPSA) is 52.6 Å². The lowest BCUT2D eigenvalue weighted by molar-refractivity contribution is -0.133. The maximum absolute atomic E-state index is 11.0. The van der Waals surface area contributed by atoms with Gasteiger partial charge in [-0.25, -0.2) is 0 Å². The summed E-state index contributed by atoms with van der Waals surface area (Å²) in [7, 11) is 0. The van der Waals surface area contributed by atoms with Crippen molar-refractivity contribution in [2.75, 3.05) is 0 Å². The van der Waals surface area contributed by atoms with Crippen LogP contribution in [0.25, 0.3) is 0 Å². The minimum absolute atomic E-state index is 0.355. The van der Waals surface area contributed by atoms with Crippen LogP contribution in [0.5, 0.6) is 11.5 Å². The van der Waals surface area contributed by atoms with Crippen LogP contribution in [0.2, 0.25) is 0 Å². The average Bonchev–Trinajstić information content (AvgIpc) is 2.29. The van der Waals surface area contributed by atoms with Crippen molar-refractivity contribution in [2.45, 2.75) is 40.5 Å². The Kier molecular flexibility index (Phi) is 4.89. The molecule has 0 unspecified atom stereocenters. The van der Waals surface area contributed by atoms with Gasteiger partial charge in [-0.05, 0) is 25.0 Å². The highest BCUT2D eigenvalue weighted by molar-refractivity contribution is 5.72. The van der Waals surface area contributed by atoms with Crippen molar-refractivity contribution in [3.63, 3.8) is 0 Å². The van der Waals surface area contributed by atoms with E-state index in [1.165, 1.54) is 13.8 Å². The zero-order valence-corrected chi connectivity index (χ0v) is 11.2. The first-order chi connectivity index (χ1) is 8.49. The second-order valence-corrected chi connectivity index (χ2v) is 3.91. The Hall–Kier alpha value is -1.84. The van der Waals surface area contributed by atoms with Gasteiger partial charge in [-0.3, -0.25) is 9.59 Å². The van der Waals surface area contributed by atoms with Crippen LogP contribution in [0.4, 0.5) is 0 Å². The van der Waals surface area contributed by atoms with E-state index >= 15 is 0 Å². The zero-order valence-electron chi connectivity index (χ0n) is 11.2. The molecule has 0 aliphatic carbocycles. The summed E-state index contributed by atoms with van der Waals surface area (Å²) in [5.74, 6) is 0.370. The van der Waals surface area contributed by atoms with E-state index in [-0.39, 0.29) is 11.9 Å². The Labute approximate surface area is 107 Å². The first kappa shape index (κ1) is 14.2. The van der Waals surface area contributed by atoms with Gasteiger partial charge >= 0.3 is 11.9 Å². The van der Waals surface area contributed by atoms with Crippen molar-refractivity contribution < 1.29 is 19.1 Å². The molecule has 0 saturated carbocycles. The highest BCUT2D eigenvalue weighted by Crippen LogP contribution is 2.31. The number of carbonyl (C=O) groups is 2. The van der Waals surface area contributed by atoms with E-state index in [4.69, 9.17) is 9.47 Å². The molecule has 4 nitrogen and oxygen atoms in total. The third-order valence-electron chi connectivity index (χ3n) is 2.56. The van der Waals surface area contributed by atoms with Crippen LogP contribution >= 0.6 is 0 Å². The highest BCUT2D eigenvalue weighted by atomic mass is 16.5. The fraction of sp³-hybridized carbons (Fsp3) is 0.429. The molecule has 0 radical (unpaired) electrons. The van der Waals surface area contributed by atoms with Crippen molar-refractivity contribution in [1.82, 2.24) is 0 Å². The summed E-state index contributed by atoms with van der Waals surface area (Å²) in [5, 5.41) is 0. The lowest BCUT2D eigenvalue weighted by Gasteiger charge is -2.15. The quantitative estimate of drug-likeness (QED) is 0.609. The number of hydrogen-bond acceptors (Lipinski definition) is 4. The molecule has 0 heterocycles. The monoisotopic (exact) mass is 250 g/mol. The average molecular weight is 250 g/mol. The van der Waals surface area contributed by atoms with Crippen LogP contribution < -0.4 is 9.47 Å². The zero-order chi connectivity index (χ0) is 13.7. The Morgan fingerprint density at radius 3 is 1.44 bits per heavy atom. The van der Waals surface area contributed by atoms with Gasteiger partial charge in [0.15, 0.2) is 0 Å². The van der Waals surface area contributed by atoms with Gasteiger partial charge in [-0.15, -0.1) is 0 Å². The van der Waals surface area contributed by atoms with E-state index in [0.29, 0.717) is 24.3 Å². The number of benzene rings is 1. The maximum Gasteiger partial charge on any atom is 0.308 e. The van der Waals surface area contributed by atoms with Crippen molar-refractivity contribution in [1.29, 1.82) is 0 Å². The molecule has 0 aliphatic rings. The predicted octanol–water partition coefficient (Wildman–Crippen LogP) is 2.66. The number of esters is 2. The highest BCUT2D eigenvalue weighted by Gasteiger charge is 2.15. The molecule has 4 heteroatoms. The van der Waals surface area contributed by atoms with Gasteiger partial charge in [0.05, 0.1) is 0 Å². The summed E-state index contributed by atoms with van der Waals surface area (Å²) in [5.41, 5.74) is 1.82. The van der Waals surface area contributed by atoms with E-state index in [2.05, 4.69) is 0 Å². The first-order valence-corrected chi connectivity index (χ1v) is 6.01. The molecule has 1 aromatic rings. The van der Waals surface area contributed by atoms with Crippen molar-refractivity contribution in [3.8, 4) is 11.5 Å². The molecular formula is C14H18O4. The van der Waals surface area contributed by atoms with Crippen molar-refractivity contribution in [2.24, 2.45) is 0 Å². The van der Waals surface area contributed by atoms with Crippen LogP contribution in [-0.4, -0.2) is 11.9 Å². The molecule has 0 bridgehead atoms. The summed E-state index contributed by atoms with van der Waals surface area (Å²) >= 11 is 0. The predicted molar refractivity (Wildman–Crippen MR) is 67.8 cm³/mol. The third kappa shape index (κ3) is 3.32. The van der Waals surface area contributed by atoms with Gasteiger partial charge in [0, 0.05) is 25.0 Å². The minimum atomic E-state index is -0.355. The van der Waals surface area contributed by atoms with Gasteiger partial charge in [0.25, 0.3) is 0 Å². The molecular weight excluding hydrogens is 232 g/mol. The van der Waals surface area contributed by atoms with Crippen LogP contribution in [0.15, 0.2) is 12.1 Å². The van der Waals surface area contributed by atoms with Crippen LogP contribution in [0.1, 0.15) is 38.8 Å². The Morgan fingerprint density at radius 1 is 0.889 bits per heavy atom. The molecule has 1 rings (SSSR count). The molecule has 0 amide bonds. The van der Waals surface area contributed by atoms with E-state index in [9.17, 15) is 9.59 Å². The van der Waals surface area contributed by atoms with Gasteiger partial charge in [-0.2, -0.15) is 0 Å². The van der Waals surface area contributed by atoms with Gasteiger partial charge in [0.2, 0.25) is 0 Å². The molecule has 18 heavy (non-hydrogen) atoms. The summed E-state index contributed by atoms with van der Waals surface area (Å²) in [6, 6.07) is 3.33. The van der Waals surface area contributed by atoms with Gasteiger partial charge < -0.3 is 9.47 Å². The molecule has 0 atom stereocenters. The van der Waals surface area contributed by atoms with E-state index in [1.807, 2.05) is 13.8 Å². The van der Waals surface area contributed by atoms with Crippen LogP contribution in [0, 0.1) is 0 Å². The van der Waals surface area contributed by atoms with E-state index in [1.54, 1.807) is 12.1 Å². The molecule has 0 aromatic heterocycles. The lowest BCUT2D eigenvalue weighted by Crippen LogP contribution is -2.09. The van der Waals surface area contributed by atoms with Crippen molar-refractivity contribution >= 4 is 11.9 Å². The third-order valence-corrected chi connectivity index (χ3v) is 2.56. The first-order valence-electron chi connectivity index (χ1n) is 6.01. The largest absolute Gasteiger partial charge is 0.426 e. The number of rotatable bonds is 4. The molecule has 0 saturated heterocycles. The van der Waals surface area contributed by atoms with Gasteiger partial charge in [0.1, 0.15) is 11.5 Å². The summed E-state index contributed by atoms with van der Waals surface area (Å²) < 4.78 is 10.3. The summed E-state index contributed by atoms with van der Waals surface area (Å²) in [4.78, 5) is 22.1. The standard InChI is InChI=1S/C14H18O4/c1-5-11-12(6-2)14(18-10(4)16)8-7-13(11)17-9(3)15/h7-8H,5-6H2,1-4H3. The van der Waals surface area contributed by atoms with E-state index < -0.39 is 0 Å². The molecule has 1 aromatic carbocycles. The summed E-state index contributed by atoms with van der Waals surface area (Å²) in [6.07, 6.45) is 1.42. The fourth-order valence-corrected chi connectivity index (χ4v) is 1.93. The second kappa shape index (κ2) is 6.19. The maximum atomic E-state index is 11.0.